The van der Waals surface area contributed by atoms with E-state index in [4.69, 9.17) is 1.28 Å². The van der Waals surface area contributed by atoms with Gasteiger partial charge in [-0.2, -0.15) is 0 Å². The van der Waals surface area contributed by atoms with Crippen molar-refractivity contribution in [2.45, 2.75) is 32.4 Å². The van der Waals surface area contributed by atoms with Crippen LogP contribution in [0.2, 0.25) is 0 Å². The Kier molecular flexibility index (Phi) is 2.45. The zero-order valence-electron chi connectivity index (χ0n) is 7.47. The summed E-state index contributed by atoms with van der Waals surface area (Å²) >= 11 is 0. The van der Waals surface area contributed by atoms with Crippen molar-refractivity contribution in [2.24, 2.45) is 0 Å². The average molecular weight is 151 g/mol. The Morgan fingerprint density at radius 1 is 1.78 bits per heavy atom. The first-order chi connectivity index (χ1) is 4.39. The number of hydrogen-bond donors (Lipinski definition) is 1. The second-order valence-electron chi connectivity index (χ2n) is 2.94. The van der Waals surface area contributed by atoms with Crippen LogP contribution in [0, 0.1) is 0 Å². The lowest BCUT2D eigenvalue weighted by Crippen LogP contribution is -2.41. The van der Waals surface area contributed by atoms with Gasteiger partial charge in [-0.25, -0.2) is 0 Å². The molecule has 0 saturated heterocycles. The zero-order valence-corrected chi connectivity index (χ0v) is 7.47. The van der Waals surface area contributed by atoms with Crippen molar-refractivity contribution in [3.63, 3.8) is 0 Å². The van der Waals surface area contributed by atoms with E-state index < -0.39 is 5.60 Å². The minimum absolute atomic E-state index is 0.00876. The molecule has 2 atom stereocenters. The Bertz CT molecular complexity index is 104. The highest BCUT2D eigenvalue weighted by Crippen LogP contribution is 2.15. The molecule has 0 saturated carbocycles. The van der Waals surface area contributed by atoms with Gasteiger partial charge in [0.15, 0.2) is 0 Å². The summed E-state index contributed by atoms with van der Waals surface area (Å²) in [7, 11) is 1.85. The maximum atomic E-state index is 9.47. The number of aliphatic hydroxyl groups is 1. The lowest BCUT2D eigenvalue weighted by Gasteiger charge is -2.30. The van der Waals surface area contributed by atoms with Crippen LogP contribution >= 0.6 is 9.34 Å². The third-order valence-electron chi connectivity index (χ3n) is 1.60. The summed E-state index contributed by atoms with van der Waals surface area (Å²) in [5.41, 5.74) is -0.706. The molecule has 0 rings (SSSR count). The summed E-state index contributed by atoms with van der Waals surface area (Å²) in [6.07, 6.45) is 0. The molecular weight excluding hydrogens is 133 g/mol. The molecule has 0 heterocycles. The predicted octanol–water partition coefficient (Wildman–Crippen LogP) is 0.868. The summed E-state index contributed by atoms with van der Waals surface area (Å²) < 4.78 is 8.88. The molecule has 0 aromatic rings. The number of nitrogens with zero attached hydrogens (tertiary/aromatic N) is 1. The number of rotatable bonds is 3. The van der Waals surface area contributed by atoms with Crippen LogP contribution in [0.3, 0.4) is 0 Å². The molecule has 2 unspecified atom stereocenters. The van der Waals surface area contributed by atoms with Gasteiger partial charge in [-0.3, -0.25) is 4.67 Å². The fourth-order valence-corrected chi connectivity index (χ4v) is 0.790. The minimum Gasteiger partial charge on any atom is -0.389 e. The van der Waals surface area contributed by atoms with Crippen molar-refractivity contribution >= 4 is 9.34 Å². The molecule has 9 heavy (non-hydrogen) atoms. The van der Waals surface area contributed by atoms with E-state index in [0.29, 0.717) is 0 Å². The van der Waals surface area contributed by atoms with E-state index >= 15 is 0 Å². The monoisotopic (exact) mass is 151 g/mol. The molecule has 0 amide bonds. The Morgan fingerprint density at radius 3 is 2.33 bits per heavy atom. The lowest BCUT2D eigenvalue weighted by molar-refractivity contribution is 0.0250. The molecule has 0 aromatic carbocycles. The molecular formula is C6H16NOP. The predicted molar refractivity (Wildman–Crippen MR) is 43.2 cm³/mol. The highest BCUT2D eigenvalue weighted by molar-refractivity contribution is 7.13. The van der Waals surface area contributed by atoms with Crippen LogP contribution in [0.25, 0.3) is 0 Å². The molecule has 0 bridgehead atoms. The Labute approximate surface area is 60.8 Å². The maximum Gasteiger partial charge on any atom is 0.0746 e. The fraction of sp³-hybridized carbons (Fsp3) is 1.00. The van der Waals surface area contributed by atoms with Gasteiger partial charge < -0.3 is 5.11 Å². The molecule has 1 N–H and O–H groups in total. The largest absolute Gasteiger partial charge is 0.389 e. The standard InChI is InChI=1S/C6H16NOP/c1-5(7(4)9)6(2,3)8/h5,8H,9H2,1-4H3/i9T. The van der Waals surface area contributed by atoms with E-state index in [-0.39, 0.29) is 15.4 Å². The summed E-state index contributed by atoms with van der Waals surface area (Å²) in [5.74, 6) is 0. The van der Waals surface area contributed by atoms with E-state index in [0.717, 1.165) is 0 Å². The van der Waals surface area contributed by atoms with Crippen molar-refractivity contribution in [2.75, 3.05) is 7.05 Å². The quantitative estimate of drug-likeness (QED) is 0.605. The fourth-order valence-electron chi connectivity index (χ4n) is 0.474. The van der Waals surface area contributed by atoms with Crippen LogP contribution in [0.5, 0.6) is 0 Å². The van der Waals surface area contributed by atoms with Crippen molar-refractivity contribution < 1.29 is 5.11 Å². The SMILES string of the molecule is [3H]PN(C)C(C)C(C)(C)O. The minimum atomic E-state index is -0.706. The van der Waals surface area contributed by atoms with Gasteiger partial charge in [0.1, 0.15) is 0 Å². The molecule has 0 spiro atoms. The van der Waals surface area contributed by atoms with Crippen LogP contribution in [0.4, 0.5) is 0 Å². The second kappa shape index (κ2) is 2.96. The summed E-state index contributed by atoms with van der Waals surface area (Å²) in [6.45, 7) is 5.43. The van der Waals surface area contributed by atoms with E-state index in [2.05, 4.69) is 0 Å². The summed E-state index contributed by atoms with van der Waals surface area (Å²) in [5, 5.41) is 9.47. The smallest absolute Gasteiger partial charge is 0.0746 e. The van der Waals surface area contributed by atoms with Gasteiger partial charge in [0.05, 0.1) is 6.88 Å². The van der Waals surface area contributed by atoms with Crippen molar-refractivity contribution in [1.82, 2.24) is 4.67 Å². The van der Waals surface area contributed by atoms with Gasteiger partial charge in [-0.15, -0.1) is 0 Å². The summed E-state index contributed by atoms with van der Waals surface area (Å²) in [4.78, 5) is 0. The molecule has 0 aliphatic rings. The molecule has 0 aliphatic carbocycles. The Balaban J connectivity index is 3.94. The van der Waals surface area contributed by atoms with Crippen molar-refractivity contribution in [3.05, 3.63) is 0 Å². The highest BCUT2D eigenvalue weighted by Gasteiger charge is 2.23. The molecule has 56 valence electrons. The van der Waals surface area contributed by atoms with Crippen molar-refractivity contribution in [1.29, 1.82) is 1.28 Å². The topological polar surface area (TPSA) is 23.5 Å². The average Bonchev–Trinajstić information content (AvgIpc) is 1.83. The zero-order chi connectivity index (χ0) is 8.36. The van der Waals surface area contributed by atoms with Crippen LogP contribution in [-0.2, 0) is 0 Å². The second-order valence-corrected chi connectivity index (χ2v) is 3.65. The molecule has 0 radical (unpaired) electrons. The van der Waals surface area contributed by atoms with Gasteiger partial charge >= 0.3 is 0 Å². The van der Waals surface area contributed by atoms with Gasteiger partial charge in [-0.1, -0.05) is 9.34 Å². The number of likely N-dealkylation sites (N-methyl/N-ethyl adjacent to an activating group) is 1. The first kappa shape index (κ1) is 7.46. The van der Waals surface area contributed by atoms with Gasteiger partial charge in [0.25, 0.3) is 0 Å². The molecule has 0 fully saturated rings. The van der Waals surface area contributed by atoms with Crippen molar-refractivity contribution in [3.8, 4) is 0 Å². The van der Waals surface area contributed by atoms with E-state index in [1.807, 2.05) is 18.6 Å². The maximum absolute atomic E-state index is 9.47. The Hall–Kier alpha value is 0.350. The number of hydrogen-bond acceptors (Lipinski definition) is 2. The highest BCUT2D eigenvalue weighted by atomic mass is 31.0. The van der Waals surface area contributed by atoms with Crippen LogP contribution in [-0.4, -0.2) is 29.7 Å². The first-order valence-corrected chi connectivity index (χ1v) is 3.47. The molecule has 3 heteroatoms. The van der Waals surface area contributed by atoms with Crippen LogP contribution in [0.15, 0.2) is 0 Å². The van der Waals surface area contributed by atoms with Gasteiger partial charge in [-0.05, 0) is 27.8 Å². The van der Waals surface area contributed by atoms with Gasteiger partial charge in [0.2, 0.25) is 0 Å². The van der Waals surface area contributed by atoms with Gasteiger partial charge in [0, 0.05) is 6.04 Å². The van der Waals surface area contributed by atoms with Crippen LogP contribution in [0.1, 0.15) is 20.8 Å². The molecule has 0 aliphatic heterocycles. The third kappa shape index (κ3) is 3.14. The van der Waals surface area contributed by atoms with E-state index in [1.165, 1.54) is 0 Å². The third-order valence-corrected chi connectivity index (χ3v) is 1.99. The lowest BCUT2D eigenvalue weighted by atomic mass is 10.0. The van der Waals surface area contributed by atoms with E-state index in [9.17, 15) is 5.11 Å². The Morgan fingerprint density at radius 2 is 2.22 bits per heavy atom. The van der Waals surface area contributed by atoms with Crippen LogP contribution < -0.4 is 0 Å². The molecule has 0 aromatic heterocycles. The summed E-state index contributed by atoms with van der Waals surface area (Å²) in [6, 6.07) is 0.0448. The normalized spacial score (nSPS) is 19.1. The molecule has 2 nitrogen and oxygen atoms in total. The first-order valence-electron chi connectivity index (χ1n) is 3.52. The van der Waals surface area contributed by atoms with E-state index in [1.54, 1.807) is 13.8 Å².